The maximum atomic E-state index is 11.5. The number of hydrogen-bond donors (Lipinski definition) is 2. The number of hydrogen-bond acceptors (Lipinski definition) is 3. The van der Waals surface area contributed by atoms with Gasteiger partial charge in [0.05, 0.1) is 12.6 Å². The van der Waals surface area contributed by atoms with Crippen molar-refractivity contribution < 1.29 is 9.53 Å². The van der Waals surface area contributed by atoms with E-state index in [-0.39, 0.29) is 24.4 Å². The lowest BCUT2D eigenvalue weighted by atomic mass is 10.2. The quantitative estimate of drug-likeness (QED) is 0.734. The van der Waals surface area contributed by atoms with Crippen LogP contribution in [0.25, 0.3) is 0 Å². The highest BCUT2D eigenvalue weighted by Gasteiger charge is 2.21. The molecule has 0 radical (unpaired) electrons. The van der Waals surface area contributed by atoms with E-state index < -0.39 is 0 Å². The molecule has 1 heterocycles. The first-order valence-corrected chi connectivity index (χ1v) is 5.24. The fourth-order valence-corrected chi connectivity index (χ4v) is 1.65. The van der Waals surface area contributed by atoms with Crippen LogP contribution in [0, 0.1) is 5.92 Å². The van der Waals surface area contributed by atoms with Gasteiger partial charge in [-0.25, -0.2) is 0 Å². The highest BCUT2D eigenvalue weighted by atomic mass is 35.5. The molecule has 0 aliphatic carbocycles. The first-order valence-electron chi connectivity index (χ1n) is 5.24. The van der Waals surface area contributed by atoms with Crippen LogP contribution in [0.3, 0.4) is 0 Å². The summed E-state index contributed by atoms with van der Waals surface area (Å²) in [6.07, 6.45) is 2.07. The van der Waals surface area contributed by atoms with Crippen LogP contribution >= 0.6 is 12.4 Å². The topological polar surface area (TPSA) is 50.4 Å². The predicted octanol–water partition coefficient (Wildman–Crippen LogP) is 0.559. The maximum Gasteiger partial charge on any atom is 0.237 e. The number of amides is 1. The minimum Gasteiger partial charge on any atom is -0.384 e. The van der Waals surface area contributed by atoms with Gasteiger partial charge in [-0.1, -0.05) is 6.92 Å². The van der Waals surface area contributed by atoms with E-state index in [2.05, 4.69) is 17.6 Å². The van der Waals surface area contributed by atoms with Crippen molar-refractivity contribution in [3.05, 3.63) is 0 Å². The van der Waals surface area contributed by atoms with Crippen molar-refractivity contribution in [1.29, 1.82) is 0 Å². The number of halogens is 1. The summed E-state index contributed by atoms with van der Waals surface area (Å²) in [7, 11) is 1.68. The molecule has 0 aromatic carbocycles. The van der Waals surface area contributed by atoms with Crippen LogP contribution in [0.15, 0.2) is 0 Å². The van der Waals surface area contributed by atoms with Crippen molar-refractivity contribution in [2.75, 3.05) is 26.8 Å². The van der Waals surface area contributed by atoms with Crippen LogP contribution in [-0.4, -0.2) is 38.8 Å². The molecule has 15 heavy (non-hydrogen) atoms. The lowest BCUT2D eigenvalue weighted by Gasteiger charge is -2.14. The molecule has 0 aromatic rings. The normalized spacial score (nSPS) is 21.9. The average molecular weight is 237 g/mol. The zero-order valence-electron chi connectivity index (χ0n) is 9.41. The van der Waals surface area contributed by atoms with Gasteiger partial charge in [-0.2, -0.15) is 0 Å². The van der Waals surface area contributed by atoms with Crippen LogP contribution in [0.5, 0.6) is 0 Å². The van der Waals surface area contributed by atoms with Crippen LogP contribution < -0.4 is 10.6 Å². The highest BCUT2D eigenvalue weighted by molar-refractivity contribution is 5.85. The first kappa shape index (κ1) is 14.7. The number of nitrogens with one attached hydrogen (secondary N) is 2. The van der Waals surface area contributed by atoms with Gasteiger partial charge in [0.1, 0.15) is 0 Å². The molecular weight excluding hydrogens is 216 g/mol. The summed E-state index contributed by atoms with van der Waals surface area (Å²) >= 11 is 0. The predicted molar refractivity (Wildman–Crippen MR) is 62.3 cm³/mol. The Hall–Kier alpha value is -0.320. The van der Waals surface area contributed by atoms with Gasteiger partial charge < -0.3 is 15.4 Å². The molecule has 5 heteroatoms. The standard InChI is InChI=1S/C10H20N2O2.ClH/c1-8(7-14-2)6-12-10(13)9-4-3-5-11-9;/h8-9,11H,3-7H2,1-2H3,(H,12,13);1H. The average Bonchev–Trinajstić information content (AvgIpc) is 2.67. The third-order valence-electron chi connectivity index (χ3n) is 2.45. The molecule has 0 bridgehead atoms. The summed E-state index contributed by atoms with van der Waals surface area (Å²) < 4.78 is 4.99. The van der Waals surface area contributed by atoms with E-state index in [1.54, 1.807) is 7.11 Å². The van der Waals surface area contributed by atoms with Crippen molar-refractivity contribution >= 4 is 18.3 Å². The number of carbonyl (C=O) groups is 1. The molecule has 0 spiro atoms. The van der Waals surface area contributed by atoms with Crippen molar-refractivity contribution in [3.8, 4) is 0 Å². The number of ether oxygens (including phenoxy) is 1. The van der Waals surface area contributed by atoms with Crippen LogP contribution in [-0.2, 0) is 9.53 Å². The number of rotatable bonds is 5. The molecule has 1 amide bonds. The lowest BCUT2D eigenvalue weighted by Crippen LogP contribution is -2.42. The van der Waals surface area contributed by atoms with Gasteiger partial charge in [0.25, 0.3) is 0 Å². The summed E-state index contributed by atoms with van der Waals surface area (Å²) in [5.41, 5.74) is 0. The minimum atomic E-state index is 0. The van der Waals surface area contributed by atoms with Gasteiger partial charge in [0.2, 0.25) is 5.91 Å². The van der Waals surface area contributed by atoms with E-state index in [0.717, 1.165) is 19.4 Å². The SMILES string of the molecule is COCC(C)CNC(=O)C1CCCN1.Cl. The molecule has 0 aromatic heterocycles. The van der Waals surface area contributed by atoms with E-state index in [0.29, 0.717) is 19.1 Å². The molecular formula is C10H21ClN2O2. The Kier molecular flexibility index (Phi) is 7.74. The van der Waals surface area contributed by atoms with Crippen molar-refractivity contribution in [1.82, 2.24) is 10.6 Å². The third-order valence-corrected chi connectivity index (χ3v) is 2.45. The maximum absolute atomic E-state index is 11.5. The van der Waals surface area contributed by atoms with Gasteiger partial charge in [0, 0.05) is 13.7 Å². The summed E-state index contributed by atoms with van der Waals surface area (Å²) in [5, 5.41) is 6.10. The van der Waals surface area contributed by atoms with E-state index in [9.17, 15) is 4.79 Å². The molecule has 2 atom stereocenters. The second kappa shape index (κ2) is 7.91. The summed E-state index contributed by atoms with van der Waals surface area (Å²) in [5.74, 6) is 0.510. The fourth-order valence-electron chi connectivity index (χ4n) is 1.65. The molecule has 4 nitrogen and oxygen atoms in total. The Morgan fingerprint density at radius 1 is 1.67 bits per heavy atom. The molecule has 1 aliphatic heterocycles. The Labute approximate surface area is 97.5 Å². The zero-order valence-corrected chi connectivity index (χ0v) is 10.2. The molecule has 1 saturated heterocycles. The third kappa shape index (κ3) is 5.35. The van der Waals surface area contributed by atoms with Gasteiger partial charge in [0.15, 0.2) is 0 Å². The molecule has 1 aliphatic rings. The van der Waals surface area contributed by atoms with Crippen LogP contribution in [0.2, 0.25) is 0 Å². The molecule has 2 N–H and O–H groups in total. The minimum absolute atomic E-state index is 0. The number of carbonyl (C=O) groups excluding carboxylic acids is 1. The summed E-state index contributed by atoms with van der Waals surface area (Å²) in [6.45, 7) is 4.42. The van der Waals surface area contributed by atoms with Gasteiger partial charge in [-0.3, -0.25) is 4.79 Å². The number of methoxy groups -OCH3 is 1. The second-order valence-electron chi connectivity index (χ2n) is 3.95. The molecule has 1 rings (SSSR count). The summed E-state index contributed by atoms with van der Waals surface area (Å²) in [4.78, 5) is 11.5. The lowest BCUT2D eigenvalue weighted by molar-refractivity contribution is -0.123. The Morgan fingerprint density at radius 3 is 2.93 bits per heavy atom. The second-order valence-corrected chi connectivity index (χ2v) is 3.95. The Balaban J connectivity index is 0.00000196. The molecule has 1 fully saturated rings. The zero-order chi connectivity index (χ0) is 10.4. The molecule has 90 valence electrons. The van der Waals surface area contributed by atoms with E-state index in [4.69, 9.17) is 4.74 Å². The Bertz CT molecular complexity index is 184. The largest absolute Gasteiger partial charge is 0.384 e. The first-order chi connectivity index (χ1) is 6.74. The smallest absolute Gasteiger partial charge is 0.237 e. The van der Waals surface area contributed by atoms with Gasteiger partial charge >= 0.3 is 0 Å². The van der Waals surface area contributed by atoms with E-state index in [1.807, 2.05) is 0 Å². The van der Waals surface area contributed by atoms with Crippen molar-refractivity contribution in [2.24, 2.45) is 5.92 Å². The van der Waals surface area contributed by atoms with Crippen LogP contribution in [0.1, 0.15) is 19.8 Å². The van der Waals surface area contributed by atoms with E-state index in [1.165, 1.54) is 0 Å². The molecule has 0 saturated carbocycles. The van der Waals surface area contributed by atoms with Crippen molar-refractivity contribution in [3.63, 3.8) is 0 Å². The molecule has 2 unspecified atom stereocenters. The summed E-state index contributed by atoms with van der Waals surface area (Å²) in [6, 6.07) is 0.0322. The Morgan fingerprint density at radius 2 is 2.40 bits per heavy atom. The monoisotopic (exact) mass is 236 g/mol. The van der Waals surface area contributed by atoms with Gasteiger partial charge in [-0.05, 0) is 25.3 Å². The van der Waals surface area contributed by atoms with Crippen LogP contribution in [0.4, 0.5) is 0 Å². The van der Waals surface area contributed by atoms with Crippen molar-refractivity contribution in [2.45, 2.75) is 25.8 Å². The fraction of sp³-hybridized carbons (Fsp3) is 0.900. The van der Waals surface area contributed by atoms with E-state index >= 15 is 0 Å². The van der Waals surface area contributed by atoms with Gasteiger partial charge in [-0.15, -0.1) is 12.4 Å². The highest BCUT2D eigenvalue weighted by Crippen LogP contribution is 2.04.